The molecule has 1 aliphatic heterocycles. The SMILES string of the molecule is Cc1ccc(N)cc1C(=O)N1CCN(Cc2cccnc2)CC1.Cl. The van der Waals surface area contributed by atoms with E-state index in [-0.39, 0.29) is 18.3 Å². The van der Waals surface area contributed by atoms with Crippen molar-refractivity contribution in [2.75, 3.05) is 31.9 Å². The summed E-state index contributed by atoms with van der Waals surface area (Å²) < 4.78 is 0. The lowest BCUT2D eigenvalue weighted by atomic mass is 10.1. The van der Waals surface area contributed by atoms with E-state index in [0.717, 1.165) is 38.3 Å². The first-order chi connectivity index (χ1) is 11.1. The molecule has 0 aliphatic carbocycles. The Labute approximate surface area is 148 Å². The third kappa shape index (κ3) is 4.24. The van der Waals surface area contributed by atoms with Crippen LogP contribution in [0.4, 0.5) is 5.69 Å². The molecule has 0 radical (unpaired) electrons. The summed E-state index contributed by atoms with van der Waals surface area (Å²) in [6.45, 7) is 6.07. The Bertz CT molecular complexity index is 685. The van der Waals surface area contributed by atoms with Crippen LogP contribution in [0.1, 0.15) is 21.5 Å². The average molecular weight is 347 g/mol. The van der Waals surface area contributed by atoms with E-state index >= 15 is 0 Å². The molecule has 5 nitrogen and oxygen atoms in total. The number of carbonyl (C=O) groups is 1. The van der Waals surface area contributed by atoms with Crippen LogP contribution in [0.15, 0.2) is 42.7 Å². The summed E-state index contributed by atoms with van der Waals surface area (Å²) in [5.41, 5.74) is 9.35. The summed E-state index contributed by atoms with van der Waals surface area (Å²) in [6, 6.07) is 9.55. The molecular formula is C18H23ClN4O. The smallest absolute Gasteiger partial charge is 0.254 e. The van der Waals surface area contributed by atoms with Crippen molar-refractivity contribution in [2.45, 2.75) is 13.5 Å². The molecule has 128 valence electrons. The van der Waals surface area contributed by atoms with E-state index in [9.17, 15) is 4.79 Å². The Hall–Kier alpha value is -2.11. The molecule has 0 atom stereocenters. The Morgan fingerprint density at radius 3 is 2.62 bits per heavy atom. The molecule has 0 unspecified atom stereocenters. The van der Waals surface area contributed by atoms with Crippen molar-refractivity contribution in [3.8, 4) is 0 Å². The van der Waals surface area contributed by atoms with Crippen LogP contribution in [-0.4, -0.2) is 46.9 Å². The van der Waals surface area contributed by atoms with Crippen LogP contribution in [0.3, 0.4) is 0 Å². The number of benzene rings is 1. The fraction of sp³-hybridized carbons (Fsp3) is 0.333. The van der Waals surface area contributed by atoms with E-state index in [1.807, 2.05) is 36.2 Å². The van der Waals surface area contributed by atoms with Gasteiger partial charge in [0.25, 0.3) is 5.91 Å². The minimum Gasteiger partial charge on any atom is -0.399 e. The minimum atomic E-state index is 0. The quantitative estimate of drug-likeness (QED) is 0.866. The predicted octanol–water partition coefficient (Wildman–Crippen LogP) is 2.35. The van der Waals surface area contributed by atoms with Crippen LogP contribution in [0.25, 0.3) is 0 Å². The second-order valence-corrected chi connectivity index (χ2v) is 6.00. The van der Waals surface area contributed by atoms with Gasteiger partial charge in [-0.2, -0.15) is 0 Å². The first kappa shape index (κ1) is 18.2. The molecule has 2 N–H and O–H groups in total. The summed E-state index contributed by atoms with van der Waals surface area (Å²) in [7, 11) is 0. The van der Waals surface area contributed by atoms with Gasteiger partial charge in [0.2, 0.25) is 0 Å². The number of pyridine rings is 1. The van der Waals surface area contributed by atoms with Gasteiger partial charge in [-0.05, 0) is 36.2 Å². The van der Waals surface area contributed by atoms with Gasteiger partial charge >= 0.3 is 0 Å². The van der Waals surface area contributed by atoms with Crippen LogP contribution in [0.5, 0.6) is 0 Å². The number of piperazine rings is 1. The Balaban J connectivity index is 0.00000208. The highest BCUT2D eigenvalue weighted by molar-refractivity contribution is 5.96. The Morgan fingerprint density at radius 2 is 1.96 bits per heavy atom. The molecule has 6 heteroatoms. The number of hydrogen-bond donors (Lipinski definition) is 1. The molecule has 1 saturated heterocycles. The highest BCUT2D eigenvalue weighted by Gasteiger charge is 2.23. The molecular weight excluding hydrogens is 324 g/mol. The second kappa shape index (κ2) is 8.13. The zero-order chi connectivity index (χ0) is 16.2. The number of amides is 1. The predicted molar refractivity (Wildman–Crippen MR) is 98.3 cm³/mol. The van der Waals surface area contributed by atoms with Crippen molar-refractivity contribution in [2.24, 2.45) is 0 Å². The first-order valence-corrected chi connectivity index (χ1v) is 7.90. The van der Waals surface area contributed by atoms with Crippen LogP contribution < -0.4 is 5.73 Å². The molecule has 0 bridgehead atoms. The van der Waals surface area contributed by atoms with Crippen molar-refractivity contribution in [1.82, 2.24) is 14.8 Å². The van der Waals surface area contributed by atoms with E-state index < -0.39 is 0 Å². The van der Waals surface area contributed by atoms with Gasteiger partial charge in [-0.15, -0.1) is 12.4 Å². The zero-order valence-electron chi connectivity index (χ0n) is 13.8. The lowest BCUT2D eigenvalue weighted by Gasteiger charge is -2.35. The molecule has 1 aliphatic rings. The molecule has 1 fully saturated rings. The summed E-state index contributed by atoms with van der Waals surface area (Å²) in [5, 5.41) is 0. The molecule has 1 aromatic carbocycles. The number of rotatable bonds is 3. The lowest BCUT2D eigenvalue weighted by Crippen LogP contribution is -2.48. The third-order valence-corrected chi connectivity index (χ3v) is 4.28. The molecule has 2 heterocycles. The number of carbonyl (C=O) groups excluding carboxylic acids is 1. The summed E-state index contributed by atoms with van der Waals surface area (Å²) in [4.78, 5) is 21.1. The van der Waals surface area contributed by atoms with E-state index in [1.165, 1.54) is 5.56 Å². The number of nitrogens with zero attached hydrogens (tertiary/aromatic N) is 3. The van der Waals surface area contributed by atoms with Crippen molar-refractivity contribution >= 4 is 24.0 Å². The zero-order valence-corrected chi connectivity index (χ0v) is 14.6. The number of nitrogens with two attached hydrogens (primary N) is 1. The maximum absolute atomic E-state index is 12.7. The van der Waals surface area contributed by atoms with Crippen molar-refractivity contribution in [3.05, 3.63) is 59.4 Å². The van der Waals surface area contributed by atoms with Crippen LogP contribution in [-0.2, 0) is 6.54 Å². The number of hydrogen-bond acceptors (Lipinski definition) is 4. The summed E-state index contributed by atoms with van der Waals surface area (Å²) >= 11 is 0. The number of aryl methyl sites for hydroxylation is 1. The van der Waals surface area contributed by atoms with Gasteiger partial charge in [-0.1, -0.05) is 12.1 Å². The van der Waals surface area contributed by atoms with Gasteiger partial charge in [0.15, 0.2) is 0 Å². The Morgan fingerprint density at radius 1 is 1.21 bits per heavy atom. The lowest BCUT2D eigenvalue weighted by molar-refractivity contribution is 0.0627. The van der Waals surface area contributed by atoms with Crippen LogP contribution in [0.2, 0.25) is 0 Å². The summed E-state index contributed by atoms with van der Waals surface area (Å²) in [6.07, 6.45) is 3.68. The fourth-order valence-electron chi connectivity index (χ4n) is 2.90. The van der Waals surface area contributed by atoms with E-state index in [2.05, 4.69) is 16.0 Å². The number of halogens is 1. The molecule has 0 spiro atoms. The van der Waals surface area contributed by atoms with E-state index in [0.29, 0.717) is 11.3 Å². The van der Waals surface area contributed by atoms with Crippen LogP contribution in [0, 0.1) is 6.92 Å². The topological polar surface area (TPSA) is 62.5 Å². The molecule has 2 aromatic rings. The molecule has 0 saturated carbocycles. The molecule has 24 heavy (non-hydrogen) atoms. The normalized spacial score (nSPS) is 15.0. The van der Waals surface area contributed by atoms with E-state index in [1.54, 1.807) is 12.3 Å². The number of aromatic nitrogens is 1. The number of anilines is 1. The van der Waals surface area contributed by atoms with Crippen molar-refractivity contribution in [1.29, 1.82) is 0 Å². The number of nitrogen functional groups attached to an aromatic ring is 1. The monoisotopic (exact) mass is 346 g/mol. The maximum atomic E-state index is 12.7. The first-order valence-electron chi connectivity index (χ1n) is 7.90. The average Bonchev–Trinajstić information content (AvgIpc) is 2.58. The van der Waals surface area contributed by atoms with Crippen molar-refractivity contribution in [3.63, 3.8) is 0 Å². The van der Waals surface area contributed by atoms with Gasteiger partial charge in [0.05, 0.1) is 0 Å². The fourth-order valence-corrected chi connectivity index (χ4v) is 2.90. The van der Waals surface area contributed by atoms with Gasteiger partial charge in [0, 0.05) is 56.4 Å². The summed E-state index contributed by atoms with van der Waals surface area (Å²) in [5.74, 6) is 0.0795. The largest absolute Gasteiger partial charge is 0.399 e. The van der Waals surface area contributed by atoms with Crippen LogP contribution >= 0.6 is 12.4 Å². The molecule has 3 rings (SSSR count). The van der Waals surface area contributed by atoms with E-state index in [4.69, 9.17) is 5.73 Å². The Kier molecular flexibility index (Phi) is 6.17. The van der Waals surface area contributed by atoms with Crippen molar-refractivity contribution < 1.29 is 4.79 Å². The standard InChI is InChI=1S/C18H22N4O.ClH/c1-14-4-5-16(19)11-17(14)18(23)22-9-7-21(8-10-22)13-15-3-2-6-20-12-15;/h2-6,11-12H,7-10,13,19H2,1H3;1H. The highest BCUT2D eigenvalue weighted by atomic mass is 35.5. The molecule has 1 aromatic heterocycles. The second-order valence-electron chi connectivity index (χ2n) is 6.00. The van der Waals surface area contributed by atoms with Gasteiger partial charge in [0.1, 0.15) is 0 Å². The maximum Gasteiger partial charge on any atom is 0.254 e. The van der Waals surface area contributed by atoms with Gasteiger partial charge < -0.3 is 10.6 Å². The third-order valence-electron chi connectivity index (χ3n) is 4.28. The van der Waals surface area contributed by atoms with Gasteiger partial charge in [-0.3, -0.25) is 14.7 Å². The molecule has 1 amide bonds. The minimum absolute atomic E-state index is 0. The highest BCUT2D eigenvalue weighted by Crippen LogP contribution is 2.17. The van der Waals surface area contributed by atoms with Gasteiger partial charge in [-0.25, -0.2) is 0 Å².